The molecule has 100 valence electrons. The van der Waals surface area contributed by atoms with Gasteiger partial charge >= 0.3 is 0 Å². The minimum Gasteiger partial charge on any atom is -0.492 e. The summed E-state index contributed by atoms with van der Waals surface area (Å²) in [5.41, 5.74) is 0.848. The molecule has 0 aliphatic rings. The molecule has 0 atom stereocenters. The van der Waals surface area contributed by atoms with Gasteiger partial charge in [-0.3, -0.25) is 4.79 Å². The van der Waals surface area contributed by atoms with Crippen LogP contribution >= 0.6 is 0 Å². The molecule has 0 spiro atoms. The number of likely N-dealkylation sites (N-methyl/N-ethyl adjacent to an activating group) is 1. The summed E-state index contributed by atoms with van der Waals surface area (Å²) >= 11 is 0. The number of para-hydroxylation sites is 1. The number of carbonyl (C=O) groups excluding carboxylic acids is 1. The zero-order valence-electron chi connectivity index (χ0n) is 11.1. The smallest absolute Gasteiger partial charge is 0.289 e. The van der Waals surface area contributed by atoms with E-state index in [-0.39, 0.29) is 5.91 Å². The monoisotopic (exact) mass is 259 g/mol. The highest BCUT2D eigenvalue weighted by Crippen LogP contribution is 2.12. The Morgan fingerprint density at radius 2 is 2.00 bits per heavy atom. The lowest BCUT2D eigenvalue weighted by atomic mass is 10.2. The van der Waals surface area contributed by atoms with Gasteiger partial charge in [-0.2, -0.15) is 0 Å². The Morgan fingerprint density at radius 3 is 2.63 bits per heavy atom. The number of nitrogens with zero attached hydrogens (tertiary/aromatic N) is 1. The van der Waals surface area contributed by atoms with Gasteiger partial charge < -0.3 is 14.1 Å². The lowest BCUT2D eigenvalue weighted by Gasteiger charge is -2.16. The Labute approximate surface area is 112 Å². The number of hydrogen-bond acceptors (Lipinski definition) is 3. The number of amides is 1. The Bertz CT molecular complexity index is 533. The van der Waals surface area contributed by atoms with Gasteiger partial charge in [0.15, 0.2) is 5.76 Å². The summed E-state index contributed by atoms with van der Waals surface area (Å²) in [5, 5.41) is 0. The van der Waals surface area contributed by atoms with Crippen LogP contribution in [0.1, 0.15) is 16.1 Å². The molecule has 0 saturated carbocycles. The highest BCUT2D eigenvalue weighted by molar-refractivity contribution is 5.92. The molecule has 2 aromatic rings. The third-order valence-corrected chi connectivity index (χ3v) is 2.84. The lowest BCUT2D eigenvalue weighted by molar-refractivity contribution is 0.0741. The van der Waals surface area contributed by atoms with E-state index in [0.29, 0.717) is 18.9 Å². The number of furan rings is 1. The summed E-state index contributed by atoms with van der Waals surface area (Å²) in [7, 11) is 1.73. The van der Waals surface area contributed by atoms with Gasteiger partial charge in [-0.15, -0.1) is 0 Å². The zero-order chi connectivity index (χ0) is 13.7. The summed E-state index contributed by atoms with van der Waals surface area (Å²) in [4.78, 5) is 13.6. The minimum absolute atomic E-state index is 0.126. The Kier molecular flexibility index (Phi) is 4.23. The van der Waals surface area contributed by atoms with Crippen LogP contribution in [0.4, 0.5) is 0 Å². The van der Waals surface area contributed by atoms with Crippen LogP contribution in [0, 0.1) is 6.92 Å². The summed E-state index contributed by atoms with van der Waals surface area (Å²) in [5.74, 6) is 1.07. The first-order valence-corrected chi connectivity index (χ1v) is 6.16. The van der Waals surface area contributed by atoms with Gasteiger partial charge in [-0.05, 0) is 25.1 Å². The molecule has 0 N–H and O–H groups in total. The number of carbonyl (C=O) groups is 1. The van der Waals surface area contributed by atoms with Crippen LogP contribution in [-0.2, 0) is 0 Å². The second-order valence-electron chi connectivity index (χ2n) is 4.32. The topological polar surface area (TPSA) is 42.7 Å². The molecule has 1 amide bonds. The zero-order valence-corrected chi connectivity index (χ0v) is 11.1. The molecule has 0 bridgehead atoms. The van der Waals surface area contributed by atoms with E-state index in [9.17, 15) is 4.79 Å². The third kappa shape index (κ3) is 3.37. The molecule has 0 aliphatic carbocycles. The number of hydrogen-bond donors (Lipinski definition) is 0. The van der Waals surface area contributed by atoms with Crippen LogP contribution in [0.5, 0.6) is 5.75 Å². The molecule has 0 aliphatic heterocycles. The first kappa shape index (κ1) is 13.2. The molecule has 4 heteroatoms. The molecule has 1 aromatic heterocycles. The second-order valence-corrected chi connectivity index (χ2v) is 4.32. The molecule has 0 unspecified atom stereocenters. The standard InChI is InChI=1S/C15H17NO3/c1-12-8-10-19-14(12)15(17)16(2)9-11-18-13-6-4-3-5-7-13/h3-8,10H,9,11H2,1-2H3. The van der Waals surface area contributed by atoms with Gasteiger partial charge in [0.1, 0.15) is 12.4 Å². The number of ether oxygens (including phenoxy) is 1. The normalized spacial score (nSPS) is 10.2. The fourth-order valence-corrected chi connectivity index (χ4v) is 1.68. The van der Waals surface area contributed by atoms with Crippen molar-refractivity contribution in [2.24, 2.45) is 0 Å². The van der Waals surface area contributed by atoms with Gasteiger partial charge in [0, 0.05) is 12.6 Å². The van der Waals surface area contributed by atoms with Crippen molar-refractivity contribution in [3.05, 3.63) is 54.0 Å². The highest BCUT2D eigenvalue weighted by atomic mass is 16.5. The van der Waals surface area contributed by atoms with Crippen molar-refractivity contribution in [3.8, 4) is 5.75 Å². The van der Waals surface area contributed by atoms with E-state index in [4.69, 9.17) is 9.15 Å². The molecule has 1 aromatic carbocycles. The van der Waals surface area contributed by atoms with Crippen LogP contribution in [-0.4, -0.2) is 31.0 Å². The van der Waals surface area contributed by atoms with E-state index in [1.54, 1.807) is 18.0 Å². The van der Waals surface area contributed by atoms with Crippen LogP contribution in [0.25, 0.3) is 0 Å². The second kappa shape index (κ2) is 6.09. The first-order chi connectivity index (χ1) is 9.18. The summed E-state index contributed by atoms with van der Waals surface area (Å²) in [6.07, 6.45) is 1.52. The maximum absolute atomic E-state index is 12.0. The Balaban J connectivity index is 1.83. The third-order valence-electron chi connectivity index (χ3n) is 2.84. The molecular weight excluding hydrogens is 242 g/mol. The minimum atomic E-state index is -0.126. The largest absolute Gasteiger partial charge is 0.492 e. The van der Waals surface area contributed by atoms with Crippen molar-refractivity contribution >= 4 is 5.91 Å². The Hall–Kier alpha value is -2.23. The average Bonchev–Trinajstić information content (AvgIpc) is 2.85. The van der Waals surface area contributed by atoms with E-state index >= 15 is 0 Å². The van der Waals surface area contributed by atoms with Gasteiger partial charge in [-0.1, -0.05) is 18.2 Å². The van der Waals surface area contributed by atoms with E-state index in [2.05, 4.69) is 0 Å². The fourth-order valence-electron chi connectivity index (χ4n) is 1.68. The van der Waals surface area contributed by atoms with Gasteiger partial charge in [0.25, 0.3) is 5.91 Å². The van der Waals surface area contributed by atoms with Crippen molar-refractivity contribution in [1.82, 2.24) is 4.90 Å². The van der Waals surface area contributed by atoms with Crippen LogP contribution < -0.4 is 4.74 Å². The molecule has 0 saturated heterocycles. The van der Waals surface area contributed by atoms with Crippen molar-refractivity contribution in [3.63, 3.8) is 0 Å². The van der Waals surface area contributed by atoms with E-state index < -0.39 is 0 Å². The molecule has 0 radical (unpaired) electrons. The number of benzene rings is 1. The molecule has 19 heavy (non-hydrogen) atoms. The molecule has 4 nitrogen and oxygen atoms in total. The SMILES string of the molecule is Cc1ccoc1C(=O)N(C)CCOc1ccccc1. The lowest BCUT2D eigenvalue weighted by Crippen LogP contribution is -2.31. The fraction of sp³-hybridized carbons (Fsp3) is 0.267. The summed E-state index contributed by atoms with van der Waals surface area (Å²) in [6.45, 7) is 2.81. The van der Waals surface area contributed by atoms with Crippen molar-refractivity contribution in [2.45, 2.75) is 6.92 Å². The van der Waals surface area contributed by atoms with E-state index in [1.165, 1.54) is 6.26 Å². The number of aryl methyl sites for hydroxylation is 1. The molecule has 2 rings (SSSR count). The maximum atomic E-state index is 12.0. The van der Waals surface area contributed by atoms with Crippen molar-refractivity contribution in [1.29, 1.82) is 0 Å². The summed E-state index contributed by atoms with van der Waals surface area (Å²) in [6, 6.07) is 11.3. The Morgan fingerprint density at radius 1 is 1.26 bits per heavy atom. The van der Waals surface area contributed by atoms with Crippen LogP contribution in [0.15, 0.2) is 47.1 Å². The van der Waals surface area contributed by atoms with Gasteiger partial charge in [-0.25, -0.2) is 0 Å². The molecule has 1 heterocycles. The van der Waals surface area contributed by atoms with E-state index in [0.717, 1.165) is 11.3 Å². The number of rotatable bonds is 5. The average molecular weight is 259 g/mol. The predicted octanol–water partition coefficient (Wildman–Crippen LogP) is 2.74. The van der Waals surface area contributed by atoms with Gasteiger partial charge in [0.05, 0.1) is 12.8 Å². The van der Waals surface area contributed by atoms with Crippen molar-refractivity contribution in [2.75, 3.05) is 20.2 Å². The molecule has 0 fully saturated rings. The van der Waals surface area contributed by atoms with Crippen molar-refractivity contribution < 1.29 is 13.9 Å². The maximum Gasteiger partial charge on any atom is 0.289 e. The molecular formula is C15H17NO3. The van der Waals surface area contributed by atoms with Gasteiger partial charge in [0.2, 0.25) is 0 Å². The summed E-state index contributed by atoms with van der Waals surface area (Å²) < 4.78 is 10.7. The van der Waals surface area contributed by atoms with Crippen LogP contribution in [0.3, 0.4) is 0 Å². The predicted molar refractivity (Wildman–Crippen MR) is 72.3 cm³/mol. The van der Waals surface area contributed by atoms with Crippen LogP contribution in [0.2, 0.25) is 0 Å². The quantitative estimate of drug-likeness (QED) is 0.829. The highest BCUT2D eigenvalue weighted by Gasteiger charge is 2.16. The first-order valence-electron chi connectivity index (χ1n) is 6.16. The van der Waals surface area contributed by atoms with E-state index in [1.807, 2.05) is 37.3 Å².